The first kappa shape index (κ1) is 22.6. The number of nitrogens with one attached hydrogen (secondary N) is 2. The molecule has 33 heavy (non-hydrogen) atoms. The summed E-state index contributed by atoms with van der Waals surface area (Å²) in [5.74, 6) is 1.50. The van der Waals surface area contributed by atoms with Gasteiger partial charge in [0.15, 0.2) is 11.4 Å². The van der Waals surface area contributed by atoms with Crippen molar-refractivity contribution in [3.8, 4) is 11.5 Å². The number of fused-ring (bicyclic) bond motifs is 1. The van der Waals surface area contributed by atoms with Gasteiger partial charge in [-0.2, -0.15) is 19.6 Å². The minimum Gasteiger partial charge on any atom is -0.463 e. The van der Waals surface area contributed by atoms with E-state index in [4.69, 9.17) is 4.42 Å². The Balaban J connectivity index is 1.60. The molecular weight excluding hydrogens is 426 g/mol. The van der Waals surface area contributed by atoms with E-state index >= 15 is 0 Å². The lowest BCUT2D eigenvalue weighted by atomic mass is 10.1. The average molecular weight is 454 g/mol. The third kappa shape index (κ3) is 4.95. The van der Waals surface area contributed by atoms with Crippen molar-refractivity contribution in [3.05, 3.63) is 54.0 Å². The number of rotatable bonds is 10. The summed E-state index contributed by atoms with van der Waals surface area (Å²) in [5.41, 5.74) is 3.19. The second kappa shape index (κ2) is 9.94. The number of aromatic nitrogens is 5. The lowest BCUT2D eigenvalue weighted by Crippen LogP contribution is -2.39. The van der Waals surface area contributed by atoms with Gasteiger partial charge in [-0.3, -0.25) is 4.98 Å². The molecule has 0 spiro atoms. The summed E-state index contributed by atoms with van der Waals surface area (Å²) in [5, 5.41) is 39.3. The first-order valence-electron chi connectivity index (χ1n) is 10.6. The molecule has 0 aromatic carbocycles. The molecule has 174 valence electrons. The zero-order chi connectivity index (χ0) is 23.4. The van der Waals surface area contributed by atoms with Crippen LogP contribution in [0.4, 0.5) is 11.9 Å². The minimum absolute atomic E-state index is 0.174. The zero-order valence-corrected chi connectivity index (χ0v) is 18.4. The number of pyridine rings is 1. The van der Waals surface area contributed by atoms with Crippen LogP contribution in [-0.4, -0.2) is 65.2 Å². The van der Waals surface area contributed by atoms with Crippen LogP contribution in [-0.2, 0) is 6.54 Å². The Morgan fingerprint density at radius 2 is 1.94 bits per heavy atom. The molecule has 0 saturated carbocycles. The maximum Gasteiger partial charge on any atom is 0.229 e. The maximum atomic E-state index is 9.93. The van der Waals surface area contributed by atoms with Gasteiger partial charge in [0.05, 0.1) is 37.8 Å². The highest BCUT2D eigenvalue weighted by Gasteiger charge is 2.21. The number of hydrogen-bond donors (Lipinski definition) is 5. The average Bonchev–Trinajstić information content (AvgIpc) is 3.51. The van der Waals surface area contributed by atoms with Gasteiger partial charge in [-0.05, 0) is 29.7 Å². The van der Waals surface area contributed by atoms with Crippen molar-refractivity contribution in [2.24, 2.45) is 0 Å². The normalized spacial score (nSPS) is 13.4. The summed E-state index contributed by atoms with van der Waals surface area (Å²) in [6.07, 6.45) is 3.94. The van der Waals surface area contributed by atoms with Crippen molar-refractivity contribution in [1.29, 1.82) is 0 Å². The monoisotopic (exact) mass is 453 g/mol. The van der Waals surface area contributed by atoms with Crippen LogP contribution in [0.5, 0.6) is 0 Å². The van der Waals surface area contributed by atoms with Crippen molar-refractivity contribution in [3.63, 3.8) is 0 Å². The predicted molar refractivity (Wildman–Crippen MR) is 122 cm³/mol. The van der Waals surface area contributed by atoms with Crippen LogP contribution < -0.4 is 10.6 Å². The maximum absolute atomic E-state index is 9.93. The van der Waals surface area contributed by atoms with Gasteiger partial charge in [0, 0.05) is 18.3 Å². The van der Waals surface area contributed by atoms with E-state index < -0.39 is 25.4 Å². The Morgan fingerprint density at radius 3 is 2.58 bits per heavy atom. The molecular formula is C22H27N7O4. The summed E-state index contributed by atoms with van der Waals surface area (Å²) >= 11 is 0. The van der Waals surface area contributed by atoms with Crippen LogP contribution in [0, 0.1) is 0 Å². The molecule has 2 atom stereocenters. The van der Waals surface area contributed by atoms with Crippen LogP contribution in [0.15, 0.2) is 47.3 Å². The van der Waals surface area contributed by atoms with Crippen LogP contribution >= 0.6 is 0 Å². The van der Waals surface area contributed by atoms with E-state index in [1.165, 1.54) is 0 Å². The lowest BCUT2D eigenvalue weighted by molar-refractivity contribution is 0.0610. The molecule has 5 N–H and O–H groups in total. The van der Waals surface area contributed by atoms with Gasteiger partial charge >= 0.3 is 0 Å². The van der Waals surface area contributed by atoms with Gasteiger partial charge < -0.3 is 30.4 Å². The molecule has 0 radical (unpaired) electrons. The molecule has 4 aromatic rings. The summed E-state index contributed by atoms with van der Waals surface area (Å²) in [6.45, 7) is 3.60. The number of anilines is 2. The predicted octanol–water partition coefficient (Wildman–Crippen LogP) is 1.64. The number of nitrogens with zero attached hydrogens (tertiary/aromatic N) is 5. The van der Waals surface area contributed by atoms with Gasteiger partial charge in [-0.1, -0.05) is 19.9 Å². The Kier molecular flexibility index (Phi) is 6.82. The minimum atomic E-state index is -1.17. The van der Waals surface area contributed by atoms with Crippen LogP contribution in [0.1, 0.15) is 30.9 Å². The summed E-state index contributed by atoms with van der Waals surface area (Å²) in [4.78, 5) is 13.4. The molecule has 0 aliphatic rings. The smallest absolute Gasteiger partial charge is 0.229 e. The van der Waals surface area contributed by atoms with Crippen molar-refractivity contribution in [2.75, 3.05) is 23.8 Å². The number of aliphatic hydroxyl groups excluding tert-OH is 3. The first-order chi connectivity index (χ1) is 16.0. The molecule has 11 nitrogen and oxygen atoms in total. The Hall–Kier alpha value is -3.54. The van der Waals surface area contributed by atoms with Gasteiger partial charge in [0.2, 0.25) is 11.9 Å². The van der Waals surface area contributed by atoms with E-state index in [1.54, 1.807) is 23.2 Å². The van der Waals surface area contributed by atoms with E-state index in [2.05, 4.69) is 30.7 Å². The molecule has 0 fully saturated rings. The lowest BCUT2D eigenvalue weighted by Gasteiger charge is -2.21. The van der Waals surface area contributed by atoms with Gasteiger partial charge in [0.1, 0.15) is 5.69 Å². The number of furan rings is 1. The molecule has 4 heterocycles. The van der Waals surface area contributed by atoms with Crippen LogP contribution in [0.25, 0.3) is 17.1 Å². The van der Waals surface area contributed by atoms with Gasteiger partial charge in [-0.15, -0.1) is 0 Å². The third-order valence-corrected chi connectivity index (χ3v) is 5.23. The summed E-state index contributed by atoms with van der Waals surface area (Å²) in [6, 6.07) is 6.66. The largest absolute Gasteiger partial charge is 0.463 e. The third-order valence-electron chi connectivity index (χ3n) is 5.23. The standard InChI is InChI=1S/C22H27N7O4/c1-13(2)15-10-25-29-20(15)27-21(26-17(11-30)18(32)12-31)28-22(29)24-9-14-5-6-16(23-8-14)19-4-3-7-33-19/h3-8,10,13,17-18,30-32H,9,11-12H2,1-2H3,(H2,24,26,27,28)/t17-,18+/m0/s1. The van der Waals surface area contributed by atoms with Crippen LogP contribution in [0.3, 0.4) is 0 Å². The SMILES string of the molecule is CC(C)c1cnn2c(NCc3ccc(-c4ccco4)nc3)nc(N[C@@H](CO)[C@H](O)CO)nc12. The molecule has 0 saturated heterocycles. The zero-order valence-electron chi connectivity index (χ0n) is 18.4. The molecule has 0 amide bonds. The molecule has 11 heteroatoms. The topological polar surface area (TPSA) is 154 Å². The van der Waals surface area contributed by atoms with Gasteiger partial charge in [-0.25, -0.2) is 0 Å². The number of hydrogen-bond acceptors (Lipinski definition) is 10. The fraction of sp³-hybridized carbons (Fsp3) is 0.364. The van der Waals surface area contributed by atoms with E-state index in [-0.39, 0.29) is 11.9 Å². The molecule has 0 aliphatic carbocycles. The highest BCUT2D eigenvalue weighted by atomic mass is 16.3. The van der Waals surface area contributed by atoms with Crippen molar-refractivity contribution >= 4 is 17.5 Å². The fourth-order valence-corrected chi connectivity index (χ4v) is 3.32. The second-order valence-electron chi connectivity index (χ2n) is 7.93. The Morgan fingerprint density at radius 1 is 1.09 bits per heavy atom. The summed E-state index contributed by atoms with van der Waals surface area (Å²) < 4.78 is 6.99. The Labute approximate surface area is 190 Å². The molecule has 0 unspecified atom stereocenters. The second-order valence-corrected chi connectivity index (χ2v) is 7.93. The van der Waals surface area contributed by atoms with E-state index in [0.717, 1.165) is 16.8 Å². The highest BCUT2D eigenvalue weighted by Crippen LogP contribution is 2.23. The summed E-state index contributed by atoms with van der Waals surface area (Å²) in [7, 11) is 0. The number of aliphatic hydroxyl groups is 3. The molecule has 0 bridgehead atoms. The fourth-order valence-electron chi connectivity index (χ4n) is 3.32. The van der Waals surface area contributed by atoms with E-state index in [9.17, 15) is 15.3 Å². The van der Waals surface area contributed by atoms with E-state index in [1.807, 2.05) is 38.1 Å². The Bertz CT molecular complexity index is 1180. The molecule has 4 rings (SSSR count). The van der Waals surface area contributed by atoms with Crippen molar-refractivity contribution in [2.45, 2.75) is 38.5 Å². The van der Waals surface area contributed by atoms with Gasteiger partial charge in [0.25, 0.3) is 0 Å². The van der Waals surface area contributed by atoms with Crippen molar-refractivity contribution in [1.82, 2.24) is 24.6 Å². The quantitative estimate of drug-likeness (QED) is 0.239. The van der Waals surface area contributed by atoms with Crippen LogP contribution in [0.2, 0.25) is 0 Å². The molecule has 4 aromatic heterocycles. The molecule has 0 aliphatic heterocycles. The first-order valence-corrected chi connectivity index (χ1v) is 10.6. The van der Waals surface area contributed by atoms with E-state index in [0.29, 0.717) is 23.9 Å². The highest BCUT2D eigenvalue weighted by molar-refractivity contribution is 5.56. The van der Waals surface area contributed by atoms with Crippen molar-refractivity contribution < 1.29 is 19.7 Å².